The van der Waals surface area contributed by atoms with Crippen LogP contribution in [0.1, 0.15) is 32.6 Å². The molecule has 1 N–H and O–H groups in total. The molecule has 0 aliphatic heterocycles. The van der Waals surface area contributed by atoms with Crippen LogP contribution in [-0.2, 0) is 0 Å². The van der Waals surface area contributed by atoms with E-state index < -0.39 is 6.17 Å². The summed E-state index contributed by atoms with van der Waals surface area (Å²) in [5, 5.41) is 9.29. The molecule has 118 valence electrons. The highest BCUT2D eigenvalue weighted by Crippen LogP contribution is 2.24. The number of ether oxygens (including phenoxy) is 1. The number of halogens is 1. The summed E-state index contributed by atoms with van der Waals surface area (Å²) in [7, 11) is 0. The van der Waals surface area contributed by atoms with E-state index in [1.807, 2.05) is 36.4 Å². The first kappa shape index (κ1) is 16.3. The molecule has 0 radical (unpaired) electrons. The maximum absolute atomic E-state index is 13.6. The Morgan fingerprint density at radius 3 is 2.14 bits per heavy atom. The fraction of sp³-hybridized carbons (Fsp3) is 0.368. The van der Waals surface area contributed by atoms with Gasteiger partial charge in [-0.15, -0.1) is 0 Å². The second kappa shape index (κ2) is 8.42. The van der Waals surface area contributed by atoms with Crippen LogP contribution in [0.25, 0.3) is 11.1 Å². The molecule has 0 heterocycles. The molecule has 3 heteroatoms. The molecule has 0 saturated carbocycles. The number of phenolic OH excluding ortho intramolecular Hbond substituents is 1. The van der Waals surface area contributed by atoms with Gasteiger partial charge in [0.05, 0.1) is 0 Å². The first-order valence-electron chi connectivity index (χ1n) is 7.85. The summed E-state index contributed by atoms with van der Waals surface area (Å²) in [6.45, 7) is 2.22. The molecule has 0 saturated heterocycles. The smallest absolute Gasteiger partial charge is 0.134 e. The molecule has 2 aromatic rings. The van der Waals surface area contributed by atoms with E-state index in [1.54, 1.807) is 12.1 Å². The normalized spacial score (nSPS) is 12.1. The molecule has 0 spiro atoms. The molecule has 2 rings (SSSR count). The van der Waals surface area contributed by atoms with Gasteiger partial charge >= 0.3 is 0 Å². The average Bonchev–Trinajstić information content (AvgIpc) is 2.54. The second-order valence-corrected chi connectivity index (χ2v) is 5.48. The van der Waals surface area contributed by atoms with Gasteiger partial charge in [-0.2, -0.15) is 0 Å². The van der Waals surface area contributed by atoms with E-state index in [0.717, 1.165) is 30.4 Å². The summed E-state index contributed by atoms with van der Waals surface area (Å²) in [6, 6.07) is 14.6. The lowest BCUT2D eigenvalue weighted by Crippen LogP contribution is -2.12. The van der Waals surface area contributed by atoms with E-state index in [9.17, 15) is 9.50 Å². The summed E-state index contributed by atoms with van der Waals surface area (Å²) >= 11 is 0. The zero-order valence-electron chi connectivity index (χ0n) is 13.0. The van der Waals surface area contributed by atoms with E-state index in [2.05, 4.69) is 6.92 Å². The third kappa shape index (κ3) is 5.06. The van der Waals surface area contributed by atoms with Crippen LogP contribution >= 0.6 is 0 Å². The van der Waals surface area contributed by atoms with Gasteiger partial charge in [0, 0.05) is 0 Å². The van der Waals surface area contributed by atoms with Crippen LogP contribution in [0, 0.1) is 0 Å². The summed E-state index contributed by atoms with van der Waals surface area (Å²) in [6.07, 6.45) is 2.76. The third-order valence-electron chi connectivity index (χ3n) is 3.61. The van der Waals surface area contributed by atoms with Crippen LogP contribution in [0.4, 0.5) is 4.39 Å². The Morgan fingerprint density at radius 2 is 1.55 bits per heavy atom. The molecule has 0 bridgehead atoms. The molecule has 0 aromatic heterocycles. The standard InChI is InChI=1S/C19H23FO2/c1-2-3-4-5-17(20)14-22-19-12-8-16(9-13-19)15-6-10-18(21)11-7-15/h6-13,17,21H,2-5,14H2,1H3. The lowest BCUT2D eigenvalue weighted by molar-refractivity contribution is 0.184. The van der Waals surface area contributed by atoms with E-state index in [0.29, 0.717) is 12.2 Å². The minimum absolute atomic E-state index is 0.113. The fourth-order valence-corrected chi connectivity index (χ4v) is 2.28. The van der Waals surface area contributed by atoms with Crippen LogP contribution < -0.4 is 4.74 Å². The van der Waals surface area contributed by atoms with Gasteiger partial charge in [0.25, 0.3) is 0 Å². The molecule has 0 aliphatic carbocycles. The van der Waals surface area contributed by atoms with E-state index in [4.69, 9.17) is 4.74 Å². The first-order valence-corrected chi connectivity index (χ1v) is 7.85. The molecule has 1 atom stereocenters. The maximum atomic E-state index is 13.6. The summed E-state index contributed by atoms with van der Waals surface area (Å²) in [5.74, 6) is 0.932. The fourth-order valence-electron chi connectivity index (χ4n) is 2.28. The molecule has 0 amide bonds. The van der Waals surface area contributed by atoms with Crippen molar-refractivity contribution in [1.29, 1.82) is 0 Å². The van der Waals surface area contributed by atoms with Crippen molar-refractivity contribution in [2.24, 2.45) is 0 Å². The molecule has 22 heavy (non-hydrogen) atoms. The van der Waals surface area contributed by atoms with E-state index in [-0.39, 0.29) is 12.4 Å². The van der Waals surface area contributed by atoms with E-state index >= 15 is 0 Å². The average molecular weight is 302 g/mol. The van der Waals surface area contributed by atoms with Crippen LogP contribution in [0.5, 0.6) is 11.5 Å². The Balaban J connectivity index is 1.85. The number of alkyl halides is 1. The summed E-state index contributed by atoms with van der Waals surface area (Å²) in [4.78, 5) is 0. The lowest BCUT2D eigenvalue weighted by Gasteiger charge is -2.11. The largest absolute Gasteiger partial charge is 0.508 e. The summed E-state index contributed by atoms with van der Waals surface area (Å²) < 4.78 is 19.1. The number of hydrogen-bond acceptors (Lipinski definition) is 2. The molecule has 2 aromatic carbocycles. The number of benzene rings is 2. The third-order valence-corrected chi connectivity index (χ3v) is 3.61. The van der Waals surface area contributed by atoms with Crippen LogP contribution in [0.3, 0.4) is 0 Å². The number of rotatable bonds is 8. The van der Waals surface area contributed by atoms with Gasteiger partial charge in [-0.05, 0) is 41.8 Å². The van der Waals surface area contributed by atoms with Gasteiger partial charge in [-0.1, -0.05) is 50.5 Å². The number of phenols is 1. The van der Waals surface area contributed by atoms with Gasteiger partial charge in [0.15, 0.2) is 0 Å². The molecule has 1 unspecified atom stereocenters. The zero-order valence-corrected chi connectivity index (χ0v) is 13.0. The van der Waals surface area contributed by atoms with Crippen molar-refractivity contribution < 1.29 is 14.2 Å². The number of unbranched alkanes of at least 4 members (excludes halogenated alkanes) is 2. The van der Waals surface area contributed by atoms with Gasteiger partial charge < -0.3 is 9.84 Å². The molecule has 2 nitrogen and oxygen atoms in total. The SMILES string of the molecule is CCCCCC(F)COc1ccc(-c2ccc(O)cc2)cc1. The van der Waals surface area contributed by atoms with Crippen molar-refractivity contribution in [3.8, 4) is 22.6 Å². The van der Waals surface area contributed by atoms with Crippen molar-refractivity contribution in [1.82, 2.24) is 0 Å². The monoisotopic (exact) mass is 302 g/mol. The van der Waals surface area contributed by atoms with Crippen molar-refractivity contribution in [3.63, 3.8) is 0 Å². The summed E-state index contributed by atoms with van der Waals surface area (Å²) in [5.41, 5.74) is 2.05. The Kier molecular flexibility index (Phi) is 6.26. The van der Waals surface area contributed by atoms with Crippen LogP contribution in [0.2, 0.25) is 0 Å². The van der Waals surface area contributed by atoms with Crippen LogP contribution in [-0.4, -0.2) is 17.9 Å². The predicted octanol–water partition coefficient (Wildman–Crippen LogP) is 5.36. The highest BCUT2D eigenvalue weighted by Gasteiger charge is 2.07. The van der Waals surface area contributed by atoms with Crippen LogP contribution in [0.15, 0.2) is 48.5 Å². The Labute approximate surface area is 131 Å². The lowest BCUT2D eigenvalue weighted by atomic mass is 10.1. The Morgan fingerprint density at radius 1 is 0.955 bits per heavy atom. The van der Waals surface area contributed by atoms with E-state index in [1.165, 1.54) is 0 Å². The zero-order chi connectivity index (χ0) is 15.8. The first-order chi connectivity index (χ1) is 10.7. The van der Waals surface area contributed by atoms with Gasteiger partial charge in [-0.25, -0.2) is 4.39 Å². The van der Waals surface area contributed by atoms with Gasteiger partial charge in [-0.3, -0.25) is 0 Å². The molecule has 0 fully saturated rings. The molecular formula is C19H23FO2. The highest BCUT2D eigenvalue weighted by molar-refractivity contribution is 5.64. The quantitative estimate of drug-likeness (QED) is 0.665. The van der Waals surface area contributed by atoms with Crippen molar-refractivity contribution in [3.05, 3.63) is 48.5 Å². The predicted molar refractivity (Wildman–Crippen MR) is 88.1 cm³/mol. The van der Waals surface area contributed by atoms with Crippen molar-refractivity contribution >= 4 is 0 Å². The Hall–Kier alpha value is -2.03. The highest BCUT2D eigenvalue weighted by atomic mass is 19.1. The Bertz CT molecular complexity index is 549. The minimum atomic E-state index is -0.900. The van der Waals surface area contributed by atoms with Gasteiger partial charge in [0.1, 0.15) is 24.3 Å². The maximum Gasteiger partial charge on any atom is 0.134 e. The number of hydrogen-bond donors (Lipinski definition) is 1. The van der Waals surface area contributed by atoms with Crippen molar-refractivity contribution in [2.75, 3.05) is 6.61 Å². The van der Waals surface area contributed by atoms with Crippen molar-refractivity contribution in [2.45, 2.75) is 38.8 Å². The number of aromatic hydroxyl groups is 1. The minimum Gasteiger partial charge on any atom is -0.508 e. The molecular weight excluding hydrogens is 279 g/mol. The van der Waals surface area contributed by atoms with Gasteiger partial charge in [0.2, 0.25) is 0 Å². The topological polar surface area (TPSA) is 29.5 Å². The second-order valence-electron chi connectivity index (χ2n) is 5.48. The molecule has 0 aliphatic rings.